The normalized spacial score (nSPS) is 10.2. The second-order valence-corrected chi connectivity index (χ2v) is 21.5. The minimum absolute atomic E-state index is 0.818. The van der Waals surface area contributed by atoms with Gasteiger partial charge < -0.3 is 14.2 Å². The Morgan fingerprint density at radius 2 is 0.765 bits per heavy atom. The first kappa shape index (κ1) is 40.0. The van der Waals surface area contributed by atoms with Gasteiger partial charge >= 0.3 is 0 Å². The highest BCUT2D eigenvalue weighted by Crippen LogP contribution is 2.18. The summed E-state index contributed by atoms with van der Waals surface area (Å²) in [5, 5.41) is 2.74. The van der Waals surface area contributed by atoms with Gasteiger partial charge in [0.1, 0.15) is 17.2 Å². The van der Waals surface area contributed by atoms with Crippen molar-refractivity contribution in [3.63, 3.8) is 0 Å². The van der Waals surface area contributed by atoms with Crippen LogP contribution in [0.25, 0.3) is 0 Å². The van der Waals surface area contributed by atoms with Crippen molar-refractivity contribution in [1.82, 2.24) is 0 Å². The van der Waals surface area contributed by atoms with Gasteiger partial charge in [0.15, 0.2) is 16.1 Å². The highest BCUT2D eigenvalue weighted by molar-refractivity contribution is 6.96. The molecule has 0 aliphatic carbocycles. The summed E-state index contributed by atoms with van der Waals surface area (Å²) in [5.74, 6) is 11.8. The van der Waals surface area contributed by atoms with Crippen LogP contribution in [0.1, 0.15) is 33.4 Å². The minimum atomic E-state index is -1.71. The molecule has 0 bridgehead atoms. The lowest BCUT2D eigenvalue weighted by Gasteiger charge is -2.14. The van der Waals surface area contributed by atoms with Gasteiger partial charge in [-0.05, 0) is 102 Å². The number of aryl methyl sites for hydroxylation is 3. The highest BCUT2D eigenvalue weighted by atomic mass is 28.3. The summed E-state index contributed by atoms with van der Waals surface area (Å²) in [6, 6.07) is 39.1. The number of ether oxygens (including phenoxy) is 3. The fraction of sp³-hybridized carbons (Fsp3) is 0.217. The van der Waals surface area contributed by atoms with Crippen LogP contribution in [0, 0.1) is 56.0 Å². The number of terminal acetylenes is 1. The van der Waals surface area contributed by atoms with Gasteiger partial charge in [-0.1, -0.05) is 105 Å². The molecule has 0 heterocycles. The molecule has 0 spiro atoms. The van der Waals surface area contributed by atoms with E-state index in [1.807, 2.05) is 61.5 Å². The van der Waals surface area contributed by atoms with E-state index in [1.165, 1.54) is 21.5 Å². The Bertz CT molecular complexity index is 1930. The number of benzene rings is 5. The van der Waals surface area contributed by atoms with Crippen LogP contribution in [0.4, 0.5) is 0 Å². The molecule has 0 saturated carbocycles. The molecular weight excluding hydrogens is 657 g/mol. The van der Waals surface area contributed by atoms with Crippen LogP contribution in [0.3, 0.4) is 0 Å². The van der Waals surface area contributed by atoms with Crippen molar-refractivity contribution < 1.29 is 14.2 Å². The van der Waals surface area contributed by atoms with Crippen molar-refractivity contribution in [3.8, 4) is 52.5 Å². The third kappa shape index (κ3) is 13.1. The van der Waals surface area contributed by atoms with Crippen LogP contribution >= 0.6 is 0 Å². The summed E-state index contributed by atoms with van der Waals surface area (Å²) in [4.78, 5) is 0. The summed E-state index contributed by atoms with van der Waals surface area (Å²) in [7, 11) is 1.59. The van der Waals surface area contributed by atoms with Crippen LogP contribution in [0.15, 0.2) is 115 Å². The van der Waals surface area contributed by atoms with Gasteiger partial charge in [-0.25, -0.2) is 0 Å². The van der Waals surface area contributed by atoms with Gasteiger partial charge in [0.25, 0.3) is 0 Å². The summed E-state index contributed by atoms with van der Waals surface area (Å²) in [6.07, 6.45) is 5.24. The lowest BCUT2D eigenvalue weighted by Crippen LogP contribution is -2.39. The van der Waals surface area contributed by atoms with E-state index in [2.05, 4.69) is 130 Å². The van der Waals surface area contributed by atoms with E-state index in [0.29, 0.717) is 0 Å². The summed E-state index contributed by atoms with van der Waals surface area (Å²) in [6.45, 7) is 15.2. The first-order valence-corrected chi connectivity index (χ1v) is 22.9. The molecule has 0 fully saturated rings. The first-order valence-electron chi connectivity index (χ1n) is 16.9. The molecule has 5 aromatic carbocycles. The molecule has 260 valence electrons. The smallest absolute Gasteiger partial charge is 0.163 e. The molecule has 0 atom stereocenters. The number of hydrogen-bond acceptors (Lipinski definition) is 3. The van der Waals surface area contributed by atoms with E-state index in [1.54, 1.807) is 21.3 Å². The van der Waals surface area contributed by atoms with Crippen LogP contribution in [-0.4, -0.2) is 37.5 Å². The van der Waals surface area contributed by atoms with Crippen molar-refractivity contribution in [2.75, 3.05) is 21.3 Å². The van der Waals surface area contributed by atoms with Crippen LogP contribution in [0.5, 0.6) is 17.2 Å². The zero-order valence-electron chi connectivity index (χ0n) is 31.8. The second kappa shape index (κ2) is 19.1. The minimum Gasteiger partial charge on any atom is -0.497 e. The summed E-state index contributed by atoms with van der Waals surface area (Å²) >= 11 is 0. The molecular formula is C46H50O3Si2. The van der Waals surface area contributed by atoms with E-state index >= 15 is 0 Å². The van der Waals surface area contributed by atoms with Gasteiger partial charge in [-0.3, -0.25) is 0 Å². The molecule has 0 amide bonds. The standard InChI is InChI=1S/2C18H20OSi.C10H10O/c2*1-15-12-16(14-17(13-15)19-2)10-11-20(3,4)18-8-6-5-7-9-18;1-4-9-5-8(2)6-10(7-9)11-3/h2*5-9,12-14H,1-4H3;1,5-7H,2-3H3. The summed E-state index contributed by atoms with van der Waals surface area (Å²) < 4.78 is 15.6. The predicted molar refractivity (Wildman–Crippen MR) is 222 cm³/mol. The van der Waals surface area contributed by atoms with Gasteiger partial charge in [0.05, 0.1) is 21.3 Å². The maximum Gasteiger partial charge on any atom is 0.163 e. The van der Waals surface area contributed by atoms with E-state index < -0.39 is 16.1 Å². The molecule has 0 saturated heterocycles. The number of hydrogen-bond donors (Lipinski definition) is 0. The van der Waals surface area contributed by atoms with Crippen molar-refractivity contribution in [3.05, 3.63) is 149 Å². The van der Waals surface area contributed by atoms with Crippen LogP contribution in [-0.2, 0) is 0 Å². The van der Waals surface area contributed by atoms with Crippen LogP contribution in [0.2, 0.25) is 26.2 Å². The van der Waals surface area contributed by atoms with Gasteiger partial charge in [0, 0.05) is 16.7 Å². The van der Waals surface area contributed by atoms with E-state index in [4.69, 9.17) is 20.6 Å². The lowest BCUT2D eigenvalue weighted by molar-refractivity contribution is 0.414. The van der Waals surface area contributed by atoms with Crippen molar-refractivity contribution in [2.45, 2.75) is 47.0 Å². The summed E-state index contributed by atoms with van der Waals surface area (Å²) in [5.41, 5.74) is 13.4. The van der Waals surface area contributed by atoms with Gasteiger partial charge in [0.2, 0.25) is 0 Å². The first-order chi connectivity index (χ1) is 24.3. The molecule has 0 N–H and O–H groups in total. The van der Waals surface area contributed by atoms with Crippen LogP contribution < -0.4 is 24.6 Å². The van der Waals surface area contributed by atoms with Crippen molar-refractivity contribution in [2.24, 2.45) is 0 Å². The number of rotatable bonds is 5. The Hall–Kier alpha value is -5.39. The Labute approximate surface area is 309 Å². The second-order valence-electron chi connectivity index (χ2n) is 13.3. The Balaban J connectivity index is 0.000000216. The Morgan fingerprint density at radius 3 is 1.08 bits per heavy atom. The van der Waals surface area contributed by atoms with Crippen molar-refractivity contribution in [1.29, 1.82) is 0 Å². The maximum absolute atomic E-state index is 5.30. The average molecular weight is 707 g/mol. The fourth-order valence-corrected chi connectivity index (χ4v) is 8.39. The predicted octanol–water partition coefficient (Wildman–Crippen LogP) is 9.00. The molecule has 0 unspecified atom stereocenters. The third-order valence-corrected chi connectivity index (χ3v) is 13.1. The highest BCUT2D eigenvalue weighted by Gasteiger charge is 2.21. The van der Waals surface area contributed by atoms with Gasteiger partial charge in [-0.2, -0.15) is 0 Å². The molecule has 0 aromatic heterocycles. The molecule has 0 aliphatic rings. The zero-order chi connectivity index (χ0) is 37.4. The topological polar surface area (TPSA) is 27.7 Å². The van der Waals surface area contributed by atoms with E-state index in [-0.39, 0.29) is 0 Å². The molecule has 51 heavy (non-hydrogen) atoms. The average Bonchev–Trinajstić information content (AvgIpc) is 3.13. The van der Waals surface area contributed by atoms with E-state index in [0.717, 1.165) is 39.5 Å². The molecule has 3 nitrogen and oxygen atoms in total. The molecule has 5 heteroatoms. The fourth-order valence-electron chi connectivity index (χ4n) is 5.14. The lowest BCUT2D eigenvalue weighted by atomic mass is 10.1. The van der Waals surface area contributed by atoms with E-state index in [9.17, 15) is 0 Å². The largest absolute Gasteiger partial charge is 0.497 e. The monoisotopic (exact) mass is 706 g/mol. The van der Waals surface area contributed by atoms with Crippen molar-refractivity contribution >= 4 is 26.5 Å². The molecule has 0 aliphatic heterocycles. The third-order valence-electron chi connectivity index (χ3n) is 8.06. The van der Waals surface area contributed by atoms with Gasteiger partial charge in [-0.15, -0.1) is 17.5 Å². The quantitative estimate of drug-likeness (QED) is 0.135. The SMILES string of the molecule is C#Cc1cc(C)cc(OC)c1.COc1cc(C)cc(C#C[Si](C)(C)c2ccccc2)c1.COc1cc(C)cc(C#C[Si](C)(C)c2ccccc2)c1. The number of methoxy groups -OCH3 is 3. The molecule has 5 rings (SSSR count). The Kier molecular flexibility index (Phi) is 15.0. The zero-order valence-corrected chi connectivity index (χ0v) is 33.8. The Morgan fingerprint density at radius 1 is 0.451 bits per heavy atom. The maximum atomic E-state index is 5.30. The molecule has 0 radical (unpaired) electrons. The molecule has 5 aromatic rings.